The zero-order chi connectivity index (χ0) is 11.5. The number of aromatic amines is 1. The summed E-state index contributed by atoms with van der Waals surface area (Å²) in [5, 5.41) is 3.45. The molecule has 1 saturated carbocycles. The molecule has 0 amide bonds. The Morgan fingerprint density at radius 1 is 1.56 bits per heavy atom. The lowest BCUT2D eigenvalue weighted by Crippen LogP contribution is -2.39. The highest BCUT2D eigenvalue weighted by atomic mass is 16.5. The molecule has 1 heterocycles. The first-order chi connectivity index (χ1) is 7.69. The van der Waals surface area contributed by atoms with Gasteiger partial charge in [0.15, 0.2) is 0 Å². The monoisotopic (exact) mass is 222 g/mol. The highest BCUT2D eigenvalue weighted by Gasteiger charge is 2.24. The molecule has 0 radical (unpaired) electrons. The Balaban J connectivity index is 1.81. The number of esters is 1. The molecular weight excluding hydrogens is 204 g/mol. The molecular formula is C12H18N2O2. The van der Waals surface area contributed by atoms with E-state index in [-0.39, 0.29) is 5.97 Å². The molecule has 2 rings (SSSR count). The molecule has 0 atom stereocenters. The van der Waals surface area contributed by atoms with Crippen LogP contribution in [-0.2, 0) is 11.3 Å². The third kappa shape index (κ3) is 2.44. The van der Waals surface area contributed by atoms with Crippen molar-refractivity contribution in [1.82, 2.24) is 10.3 Å². The van der Waals surface area contributed by atoms with Crippen LogP contribution in [0.3, 0.4) is 0 Å². The van der Waals surface area contributed by atoms with Gasteiger partial charge in [0.25, 0.3) is 0 Å². The van der Waals surface area contributed by atoms with E-state index in [1.807, 2.05) is 6.07 Å². The Labute approximate surface area is 95.4 Å². The maximum absolute atomic E-state index is 11.2. The number of aromatic nitrogens is 1. The second-order valence-corrected chi connectivity index (χ2v) is 4.54. The molecule has 0 unspecified atom stereocenters. The first-order valence-corrected chi connectivity index (χ1v) is 5.68. The predicted octanol–water partition coefficient (Wildman–Crippen LogP) is 1.69. The fraction of sp³-hybridized carbons (Fsp3) is 0.583. The van der Waals surface area contributed by atoms with Crippen molar-refractivity contribution in [2.24, 2.45) is 5.92 Å². The van der Waals surface area contributed by atoms with Crippen LogP contribution in [0, 0.1) is 5.92 Å². The molecule has 4 nitrogen and oxygen atoms in total. The summed E-state index contributed by atoms with van der Waals surface area (Å²) >= 11 is 0. The lowest BCUT2D eigenvalue weighted by molar-refractivity contribution is 0.0594. The van der Waals surface area contributed by atoms with E-state index in [9.17, 15) is 4.79 Å². The Bertz CT molecular complexity index is 367. The Kier molecular flexibility index (Phi) is 3.29. The van der Waals surface area contributed by atoms with Gasteiger partial charge in [-0.3, -0.25) is 0 Å². The largest absolute Gasteiger partial charge is 0.464 e. The van der Waals surface area contributed by atoms with Gasteiger partial charge in [0.05, 0.1) is 7.11 Å². The number of hydrogen-bond acceptors (Lipinski definition) is 3. The second kappa shape index (κ2) is 4.70. The van der Waals surface area contributed by atoms with Crippen LogP contribution in [0.15, 0.2) is 12.1 Å². The van der Waals surface area contributed by atoms with Crippen LogP contribution in [0.5, 0.6) is 0 Å². The van der Waals surface area contributed by atoms with Crippen LogP contribution in [0.1, 0.15) is 35.9 Å². The third-order valence-electron chi connectivity index (χ3n) is 3.11. The van der Waals surface area contributed by atoms with E-state index in [4.69, 9.17) is 0 Å². The van der Waals surface area contributed by atoms with Crippen molar-refractivity contribution in [2.45, 2.75) is 32.4 Å². The molecule has 1 aliphatic carbocycles. The number of methoxy groups -OCH3 is 1. The van der Waals surface area contributed by atoms with E-state index in [0.29, 0.717) is 11.7 Å². The summed E-state index contributed by atoms with van der Waals surface area (Å²) in [5.41, 5.74) is 1.54. The molecule has 1 aliphatic rings. The Hall–Kier alpha value is -1.29. The number of hydrogen-bond donors (Lipinski definition) is 2. The van der Waals surface area contributed by atoms with Crippen LogP contribution in [0.25, 0.3) is 0 Å². The van der Waals surface area contributed by atoms with Gasteiger partial charge in [-0.15, -0.1) is 0 Å². The van der Waals surface area contributed by atoms with Gasteiger partial charge in [0.2, 0.25) is 0 Å². The van der Waals surface area contributed by atoms with E-state index in [1.165, 1.54) is 20.0 Å². The van der Waals surface area contributed by atoms with Crippen LogP contribution in [-0.4, -0.2) is 24.1 Å². The molecule has 16 heavy (non-hydrogen) atoms. The summed E-state index contributed by atoms with van der Waals surface area (Å²) < 4.78 is 4.63. The summed E-state index contributed by atoms with van der Waals surface area (Å²) in [6.45, 7) is 3.05. The van der Waals surface area contributed by atoms with E-state index in [2.05, 4.69) is 22.0 Å². The fourth-order valence-electron chi connectivity index (χ4n) is 2.10. The molecule has 4 heteroatoms. The SMILES string of the molecule is COC(=O)c1ccc(CNC2CC(C)C2)[nH]1. The van der Waals surface area contributed by atoms with Crippen LogP contribution < -0.4 is 5.32 Å². The van der Waals surface area contributed by atoms with Gasteiger partial charge in [-0.1, -0.05) is 6.92 Å². The lowest BCUT2D eigenvalue weighted by atomic mass is 9.82. The number of rotatable bonds is 4. The number of carbonyl (C=O) groups is 1. The number of carbonyl (C=O) groups excluding carboxylic acids is 1. The van der Waals surface area contributed by atoms with Crippen molar-refractivity contribution in [1.29, 1.82) is 0 Å². The molecule has 0 saturated heterocycles. The topological polar surface area (TPSA) is 54.1 Å². The van der Waals surface area contributed by atoms with Gasteiger partial charge in [0, 0.05) is 18.3 Å². The molecule has 1 aromatic heterocycles. The smallest absolute Gasteiger partial charge is 0.354 e. The van der Waals surface area contributed by atoms with Crippen LogP contribution in [0.2, 0.25) is 0 Å². The van der Waals surface area contributed by atoms with E-state index in [0.717, 1.165) is 18.2 Å². The van der Waals surface area contributed by atoms with Crippen molar-refractivity contribution >= 4 is 5.97 Å². The lowest BCUT2D eigenvalue weighted by Gasteiger charge is -2.33. The summed E-state index contributed by atoms with van der Waals surface area (Å²) in [5.74, 6) is 0.537. The number of ether oxygens (including phenoxy) is 1. The molecule has 1 aromatic rings. The van der Waals surface area contributed by atoms with Gasteiger partial charge >= 0.3 is 5.97 Å². The molecule has 1 fully saturated rings. The Morgan fingerprint density at radius 2 is 2.31 bits per heavy atom. The summed E-state index contributed by atoms with van der Waals surface area (Å²) in [6.07, 6.45) is 2.51. The van der Waals surface area contributed by atoms with Crippen LogP contribution in [0.4, 0.5) is 0 Å². The minimum atomic E-state index is -0.316. The highest BCUT2D eigenvalue weighted by Crippen LogP contribution is 2.26. The first-order valence-electron chi connectivity index (χ1n) is 5.68. The van der Waals surface area contributed by atoms with Crippen molar-refractivity contribution < 1.29 is 9.53 Å². The van der Waals surface area contributed by atoms with E-state index >= 15 is 0 Å². The van der Waals surface area contributed by atoms with Gasteiger partial charge in [-0.05, 0) is 30.9 Å². The Morgan fingerprint density at radius 3 is 2.94 bits per heavy atom. The summed E-state index contributed by atoms with van der Waals surface area (Å²) in [4.78, 5) is 14.2. The molecule has 0 aromatic carbocycles. The number of nitrogens with one attached hydrogen (secondary N) is 2. The zero-order valence-electron chi connectivity index (χ0n) is 9.75. The molecule has 0 bridgehead atoms. The quantitative estimate of drug-likeness (QED) is 0.762. The maximum Gasteiger partial charge on any atom is 0.354 e. The van der Waals surface area contributed by atoms with Gasteiger partial charge in [-0.2, -0.15) is 0 Å². The molecule has 0 aliphatic heterocycles. The van der Waals surface area contributed by atoms with Crippen molar-refractivity contribution in [3.63, 3.8) is 0 Å². The highest BCUT2D eigenvalue weighted by molar-refractivity contribution is 5.87. The van der Waals surface area contributed by atoms with Crippen molar-refractivity contribution in [3.8, 4) is 0 Å². The van der Waals surface area contributed by atoms with Crippen LogP contribution >= 0.6 is 0 Å². The van der Waals surface area contributed by atoms with Gasteiger partial charge in [0.1, 0.15) is 5.69 Å². The van der Waals surface area contributed by atoms with E-state index < -0.39 is 0 Å². The molecule has 88 valence electrons. The second-order valence-electron chi connectivity index (χ2n) is 4.54. The standard InChI is InChI=1S/C12H18N2O2/c1-8-5-10(6-8)13-7-9-3-4-11(14-9)12(15)16-2/h3-4,8,10,13-14H,5-7H2,1-2H3. The minimum absolute atomic E-state index is 0.316. The maximum atomic E-state index is 11.2. The molecule has 2 N–H and O–H groups in total. The van der Waals surface area contributed by atoms with Crippen molar-refractivity contribution in [3.05, 3.63) is 23.5 Å². The zero-order valence-corrected chi connectivity index (χ0v) is 9.75. The normalized spacial score (nSPS) is 23.9. The predicted molar refractivity (Wildman–Crippen MR) is 61.2 cm³/mol. The molecule has 0 spiro atoms. The average Bonchev–Trinajstić information content (AvgIpc) is 2.70. The fourth-order valence-corrected chi connectivity index (χ4v) is 2.10. The van der Waals surface area contributed by atoms with Gasteiger partial charge in [-0.25, -0.2) is 4.79 Å². The van der Waals surface area contributed by atoms with E-state index in [1.54, 1.807) is 6.07 Å². The van der Waals surface area contributed by atoms with Gasteiger partial charge < -0.3 is 15.0 Å². The minimum Gasteiger partial charge on any atom is -0.464 e. The summed E-state index contributed by atoms with van der Waals surface area (Å²) in [7, 11) is 1.39. The summed E-state index contributed by atoms with van der Waals surface area (Å²) in [6, 6.07) is 4.31. The average molecular weight is 222 g/mol. The number of H-pyrrole nitrogens is 1. The van der Waals surface area contributed by atoms with Crippen molar-refractivity contribution in [2.75, 3.05) is 7.11 Å². The first kappa shape index (κ1) is 11.2. The third-order valence-corrected chi connectivity index (χ3v) is 3.11.